The SMILES string of the molecule is CCC(N)CC#N.I. The van der Waals surface area contributed by atoms with Gasteiger partial charge in [-0.05, 0) is 6.42 Å². The summed E-state index contributed by atoms with van der Waals surface area (Å²) in [5.41, 5.74) is 5.36. The molecular formula is C5H11IN2. The second-order valence-electron chi connectivity index (χ2n) is 1.53. The fourth-order valence-electron chi connectivity index (χ4n) is 0.262. The smallest absolute Gasteiger partial charge is 0.0638 e. The maximum Gasteiger partial charge on any atom is 0.0638 e. The number of hydrogen-bond donors (Lipinski definition) is 1. The Morgan fingerprint density at radius 3 is 2.38 bits per heavy atom. The summed E-state index contributed by atoms with van der Waals surface area (Å²) in [7, 11) is 0. The summed E-state index contributed by atoms with van der Waals surface area (Å²) < 4.78 is 0. The molecule has 48 valence electrons. The van der Waals surface area contributed by atoms with E-state index in [1.54, 1.807) is 0 Å². The highest BCUT2D eigenvalue weighted by atomic mass is 127. The van der Waals surface area contributed by atoms with E-state index in [2.05, 4.69) is 0 Å². The first-order valence-corrected chi connectivity index (χ1v) is 2.43. The quantitative estimate of drug-likeness (QED) is 0.720. The lowest BCUT2D eigenvalue weighted by atomic mass is 10.2. The highest BCUT2D eigenvalue weighted by Crippen LogP contribution is 1.88. The molecule has 0 radical (unpaired) electrons. The van der Waals surface area contributed by atoms with Crippen LogP contribution in [-0.2, 0) is 0 Å². The van der Waals surface area contributed by atoms with Gasteiger partial charge in [-0.1, -0.05) is 6.92 Å². The zero-order valence-electron chi connectivity index (χ0n) is 4.92. The van der Waals surface area contributed by atoms with Gasteiger partial charge in [0.2, 0.25) is 0 Å². The summed E-state index contributed by atoms with van der Waals surface area (Å²) in [5, 5.41) is 8.04. The molecule has 0 aromatic rings. The van der Waals surface area contributed by atoms with Gasteiger partial charge in [0, 0.05) is 6.04 Å². The second kappa shape index (κ2) is 7.18. The van der Waals surface area contributed by atoms with Crippen molar-refractivity contribution in [1.82, 2.24) is 0 Å². The lowest BCUT2D eigenvalue weighted by molar-refractivity contribution is 0.665. The molecule has 0 aromatic carbocycles. The molecule has 0 aliphatic rings. The Morgan fingerprint density at radius 2 is 2.25 bits per heavy atom. The van der Waals surface area contributed by atoms with Crippen molar-refractivity contribution in [1.29, 1.82) is 5.26 Å². The normalized spacial score (nSPS) is 11.1. The Bertz CT molecular complexity index is 77.0. The molecule has 0 aliphatic carbocycles. The third-order valence-electron chi connectivity index (χ3n) is 0.878. The minimum absolute atomic E-state index is 0. The van der Waals surface area contributed by atoms with Crippen molar-refractivity contribution in [3.63, 3.8) is 0 Å². The van der Waals surface area contributed by atoms with E-state index >= 15 is 0 Å². The van der Waals surface area contributed by atoms with Crippen LogP contribution in [0.15, 0.2) is 0 Å². The Balaban J connectivity index is 0. The third-order valence-corrected chi connectivity index (χ3v) is 0.878. The van der Waals surface area contributed by atoms with E-state index in [0.717, 1.165) is 6.42 Å². The van der Waals surface area contributed by atoms with Gasteiger partial charge < -0.3 is 5.73 Å². The maximum absolute atomic E-state index is 8.04. The number of rotatable bonds is 2. The lowest BCUT2D eigenvalue weighted by Gasteiger charge is -1.97. The molecule has 0 aliphatic heterocycles. The molecule has 8 heavy (non-hydrogen) atoms. The first-order valence-electron chi connectivity index (χ1n) is 2.43. The summed E-state index contributed by atoms with van der Waals surface area (Å²) in [6.07, 6.45) is 1.38. The minimum Gasteiger partial charge on any atom is -0.327 e. The van der Waals surface area contributed by atoms with E-state index in [1.807, 2.05) is 13.0 Å². The van der Waals surface area contributed by atoms with Crippen molar-refractivity contribution in [3.05, 3.63) is 0 Å². The summed E-state index contributed by atoms with van der Waals surface area (Å²) in [4.78, 5) is 0. The standard InChI is InChI=1S/C5H10N2.HI/c1-2-5(7)3-4-6;/h5H,2-3,7H2,1H3;1H. The Morgan fingerprint density at radius 1 is 1.75 bits per heavy atom. The summed E-state index contributed by atoms with van der Waals surface area (Å²) in [6, 6.07) is 2.08. The number of nitriles is 1. The zero-order valence-corrected chi connectivity index (χ0v) is 7.25. The van der Waals surface area contributed by atoms with E-state index in [4.69, 9.17) is 11.0 Å². The van der Waals surface area contributed by atoms with Crippen LogP contribution < -0.4 is 5.73 Å². The van der Waals surface area contributed by atoms with Gasteiger partial charge in [0.1, 0.15) is 0 Å². The number of halogens is 1. The molecule has 0 fully saturated rings. The van der Waals surface area contributed by atoms with Gasteiger partial charge in [-0.25, -0.2) is 0 Å². The first-order chi connectivity index (χ1) is 3.31. The van der Waals surface area contributed by atoms with Crippen LogP contribution in [0.5, 0.6) is 0 Å². The first kappa shape index (κ1) is 11.0. The average Bonchev–Trinajstić information content (AvgIpc) is 1.68. The van der Waals surface area contributed by atoms with Gasteiger partial charge in [-0.15, -0.1) is 24.0 Å². The summed E-state index contributed by atoms with van der Waals surface area (Å²) in [5.74, 6) is 0. The maximum atomic E-state index is 8.04. The van der Waals surface area contributed by atoms with Crippen molar-refractivity contribution in [3.8, 4) is 6.07 Å². The second-order valence-corrected chi connectivity index (χ2v) is 1.53. The topological polar surface area (TPSA) is 49.8 Å². The Labute approximate surface area is 67.1 Å². The number of nitrogens with zero attached hydrogens (tertiary/aromatic N) is 1. The monoisotopic (exact) mass is 226 g/mol. The Hall–Kier alpha value is 0.180. The largest absolute Gasteiger partial charge is 0.327 e. The van der Waals surface area contributed by atoms with Crippen LogP contribution in [0.3, 0.4) is 0 Å². The molecule has 0 aromatic heterocycles. The van der Waals surface area contributed by atoms with Gasteiger partial charge in [0.05, 0.1) is 12.5 Å². The molecule has 0 saturated heterocycles. The van der Waals surface area contributed by atoms with Crippen molar-refractivity contribution in [2.24, 2.45) is 5.73 Å². The Kier molecular flexibility index (Phi) is 9.91. The van der Waals surface area contributed by atoms with Gasteiger partial charge in [0.25, 0.3) is 0 Å². The molecular weight excluding hydrogens is 215 g/mol. The summed E-state index contributed by atoms with van der Waals surface area (Å²) >= 11 is 0. The number of hydrogen-bond acceptors (Lipinski definition) is 2. The van der Waals surface area contributed by atoms with E-state index in [0.29, 0.717) is 6.42 Å². The number of nitrogens with two attached hydrogens (primary N) is 1. The molecule has 0 heterocycles. The molecule has 0 rings (SSSR count). The van der Waals surface area contributed by atoms with Gasteiger partial charge in [-0.2, -0.15) is 5.26 Å². The molecule has 2 nitrogen and oxygen atoms in total. The molecule has 0 bridgehead atoms. The zero-order chi connectivity index (χ0) is 5.70. The van der Waals surface area contributed by atoms with Gasteiger partial charge in [-0.3, -0.25) is 0 Å². The average molecular weight is 226 g/mol. The van der Waals surface area contributed by atoms with E-state index in [9.17, 15) is 0 Å². The predicted octanol–water partition coefficient (Wildman–Crippen LogP) is 1.26. The lowest BCUT2D eigenvalue weighted by Crippen LogP contribution is -2.16. The van der Waals surface area contributed by atoms with Crippen LogP contribution in [0.1, 0.15) is 19.8 Å². The van der Waals surface area contributed by atoms with E-state index in [1.165, 1.54) is 0 Å². The van der Waals surface area contributed by atoms with Gasteiger partial charge in [0.15, 0.2) is 0 Å². The van der Waals surface area contributed by atoms with E-state index in [-0.39, 0.29) is 30.0 Å². The molecule has 0 amide bonds. The highest BCUT2D eigenvalue weighted by Gasteiger charge is 1.93. The van der Waals surface area contributed by atoms with Gasteiger partial charge >= 0.3 is 0 Å². The fraction of sp³-hybridized carbons (Fsp3) is 0.800. The summed E-state index contributed by atoms with van der Waals surface area (Å²) in [6.45, 7) is 1.97. The molecule has 3 heteroatoms. The third kappa shape index (κ3) is 6.18. The van der Waals surface area contributed by atoms with Crippen LogP contribution in [0.2, 0.25) is 0 Å². The van der Waals surface area contributed by atoms with E-state index < -0.39 is 0 Å². The molecule has 2 N–H and O–H groups in total. The molecule has 1 unspecified atom stereocenters. The molecule has 0 spiro atoms. The molecule has 0 saturated carbocycles. The van der Waals surface area contributed by atoms with Crippen molar-refractivity contribution >= 4 is 24.0 Å². The van der Waals surface area contributed by atoms with Crippen molar-refractivity contribution in [2.75, 3.05) is 0 Å². The molecule has 1 atom stereocenters. The highest BCUT2D eigenvalue weighted by molar-refractivity contribution is 14.0. The van der Waals surface area contributed by atoms with Crippen LogP contribution in [0.4, 0.5) is 0 Å². The van der Waals surface area contributed by atoms with Crippen LogP contribution >= 0.6 is 24.0 Å². The van der Waals surface area contributed by atoms with Crippen molar-refractivity contribution < 1.29 is 0 Å². The van der Waals surface area contributed by atoms with Crippen LogP contribution in [-0.4, -0.2) is 6.04 Å². The predicted molar refractivity (Wildman–Crippen MR) is 43.9 cm³/mol. The van der Waals surface area contributed by atoms with Crippen LogP contribution in [0.25, 0.3) is 0 Å². The minimum atomic E-state index is 0. The van der Waals surface area contributed by atoms with Crippen LogP contribution in [0, 0.1) is 11.3 Å². The van der Waals surface area contributed by atoms with Crippen molar-refractivity contribution in [2.45, 2.75) is 25.8 Å². The fourth-order valence-corrected chi connectivity index (χ4v) is 0.262.